The molecule has 0 aromatic carbocycles. The Labute approximate surface area is 108 Å². The van der Waals surface area contributed by atoms with E-state index in [-0.39, 0.29) is 0 Å². The third-order valence-electron chi connectivity index (χ3n) is 3.62. The molecule has 2 rings (SSSR count). The average Bonchev–Trinajstić information content (AvgIpc) is 2.39. The summed E-state index contributed by atoms with van der Waals surface area (Å²) in [6.45, 7) is 4.06. The van der Waals surface area contributed by atoms with Gasteiger partial charge in [-0.05, 0) is 33.9 Å². The molecule has 100 valence electrons. The van der Waals surface area contributed by atoms with Crippen LogP contribution in [-0.2, 0) is 0 Å². The molecule has 1 aromatic rings. The summed E-state index contributed by atoms with van der Waals surface area (Å²) in [6.07, 6.45) is 4.00. The molecule has 1 saturated heterocycles. The number of anilines is 2. The molecule has 3 N–H and O–H groups in total. The maximum Gasteiger partial charge on any atom is 0.148 e. The molecule has 1 fully saturated rings. The number of rotatable bonds is 3. The Balaban J connectivity index is 2.20. The quantitative estimate of drug-likeness (QED) is 0.605. The topological polar surface area (TPSA) is 70.3 Å². The fourth-order valence-corrected chi connectivity index (χ4v) is 2.47. The van der Waals surface area contributed by atoms with Crippen LogP contribution in [0, 0.1) is 6.92 Å². The predicted octanol–water partition coefficient (Wildman–Crippen LogP) is 0.601. The van der Waals surface area contributed by atoms with Crippen molar-refractivity contribution in [1.82, 2.24) is 14.9 Å². The van der Waals surface area contributed by atoms with Crippen molar-refractivity contribution < 1.29 is 0 Å². The van der Waals surface area contributed by atoms with E-state index in [2.05, 4.69) is 39.3 Å². The van der Waals surface area contributed by atoms with E-state index in [1.807, 2.05) is 6.92 Å². The lowest BCUT2D eigenvalue weighted by Gasteiger charge is -2.37. The highest BCUT2D eigenvalue weighted by molar-refractivity contribution is 5.57. The first-order valence-corrected chi connectivity index (χ1v) is 6.33. The molecule has 0 bridgehead atoms. The van der Waals surface area contributed by atoms with Crippen molar-refractivity contribution in [2.75, 3.05) is 37.5 Å². The van der Waals surface area contributed by atoms with Gasteiger partial charge in [-0.25, -0.2) is 15.8 Å². The Morgan fingerprint density at radius 2 is 2.22 bits per heavy atom. The van der Waals surface area contributed by atoms with Crippen molar-refractivity contribution in [2.45, 2.75) is 25.8 Å². The lowest BCUT2D eigenvalue weighted by atomic mass is 10.0. The molecule has 1 aromatic heterocycles. The highest BCUT2D eigenvalue weighted by Gasteiger charge is 2.23. The summed E-state index contributed by atoms with van der Waals surface area (Å²) in [5, 5.41) is 0. The van der Waals surface area contributed by atoms with Gasteiger partial charge in [-0.2, -0.15) is 0 Å². The minimum Gasteiger partial charge on any atom is -0.355 e. The number of likely N-dealkylation sites (N-methyl/N-ethyl adjacent to an activating group) is 1. The van der Waals surface area contributed by atoms with E-state index in [0.29, 0.717) is 11.9 Å². The van der Waals surface area contributed by atoms with Gasteiger partial charge in [0.2, 0.25) is 0 Å². The first kappa shape index (κ1) is 13.0. The number of nitrogens with one attached hydrogen (secondary N) is 1. The number of piperidine rings is 1. The van der Waals surface area contributed by atoms with Crippen LogP contribution in [0.2, 0.25) is 0 Å². The second-order valence-electron chi connectivity index (χ2n) is 5.02. The highest BCUT2D eigenvalue weighted by Crippen LogP contribution is 2.25. The van der Waals surface area contributed by atoms with Gasteiger partial charge in [0.25, 0.3) is 0 Å². The van der Waals surface area contributed by atoms with Crippen LogP contribution in [0.15, 0.2) is 6.33 Å². The summed E-state index contributed by atoms with van der Waals surface area (Å²) in [6, 6.07) is 0.586. The van der Waals surface area contributed by atoms with Gasteiger partial charge in [0, 0.05) is 24.7 Å². The third kappa shape index (κ3) is 2.54. The van der Waals surface area contributed by atoms with Crippen LogP contribution < -0.4 is 16.2 Å². The fourth-order valence-electron chi connectivity index (χ4n) is 2.47. The Kier molecular flexibility index (Phi) is 3.98. The maximum absolute atomic E-state index is 5.46. The van der Waals surface area contributed by atoms with Gasteiger partial charge in [0.05, 0.1) is 0 Å². The Bertz CT molecular complexity index is 406. The minimum absolute atomic E-state index is 0.586. The first-order chi connectivity index (χ1) is 8.63. The van der Waals surface area contributed by atoms with Gasteiger partial charge >= 0.3 is 0 Å². The van der Waals surface area contributed by atoms with Crippen molar-refractivity contribution in [3.05, 3.63) is 11.9 Å². The molecule has 18 heavy (non-hydrogen) atoms. The van der Waals surface area contributed by atoms with E-state index in [0.717, 1.165) is 24.5 Å². The van der Waals surface area contributed by atoms with E-state index in [1.54, 1.807) is 6.33 Å². The standard InChI is InChI=1S/C12H22N6/c1-9-11(16-13)14-8-15-12(9)18-6-4-5-10(7-18)17(2)3/h8,10H,4-7,13H2,1-3H3,(H,14,15,16). The van der Waals surface area contributed by atoms with Crippen molar-refractivity contribution in [1.29, 1.82) is 0 Å². The van der Waals surface area contributed by atoms with E-state index < -0.39 is 0 Å². The summed E-state index contributed by atoms with van der Waals surface area (Å²) in [7, 11) is 4.27. The van der Waals surface area contributed by atoms with Crippen LogP contribution in [0.5, 0.6) is 0 Å². The van der Waals surface area contributed by atoms with Gasteiger partial charge in [-0.3, -0.25) is 0 Å². The number of aromatic nitrogens is 2. The van der Waals surface area contributed by atoms with E-state index in [1.165, 1.54) is 12.8 Å². The molecular formula is C12H22N6. The minimum atomic E-state index is 0.586. The number of nitrogens with zero attached hydrogens (tertiary/aromatic N) is 4. The van der Waals surface area contributed by atoms with Crippen LogP contribution in [0.3, 0.4) is 0 Å². The van der Waals surface area contributed by atoms with Gasteiger partial charge in [-0.1, -0.05) is 0 Å². The first-order valence-electron chi connectivity index (χ1n) is 6.33. The average molecular weight is 250 g/mol. The Morgan fingerprint density at radius 1 is 1.44 bits per heavy atom. The second kappa shape index (κ2) is 5.49. The van der Waals surface area contributed by atoms with Gasteiger partial charge in [-0.15, -0.1) is 0 Å². The van der Waals surface area contributed by atoms with Crippen LogP contribution in [0.4, 0.5) is 11.6 Å². The van der Waals surface area contributed by atoms with Crippen LogP contribution in [-0.4, -0.2) is 48.1 Å². The monoisotopic (exact) mass is 250 g/mol. The molecule has 1 atom stereocenters. The van der Waals surface area contributed by atoms with Gasteiger partial charge < -0.3 is 15.2 Å². The molecule has 0 aliphatic carbocycles. The molecule has 2 heterocycles. The summed E-state index contributed by atoms with van der Waals surface area (Å²) in [5.74, 6) is 7.15. The van der Waals surface area contributed by atoms with Crippen LogP contribution in [0.25, 0.3) is 0 Å². The zero-order valence-electron chi connectivity index (χ0n) is 11.3. The van der Waals surface area contributed by atoms with Crippen molar-refractivity contribution in [2.24, 2.45) is 5.84 Å². The summed E-state index contributed by atoms with van der Waals surface area (Å²) in [4.78, 5) is 13.1. The summed E-state index contributed by atoms with van der Waals surface area (Å²) >= 11 is 0. The van der Waals surface area contributed by atoms with Crippen molar-refractivity contribution in [3.63, 3.8) is 0 Å². The SMILES string of the molecule is Cc1c(NN)ncnc1N1CCCC(N(C)C)C1. The Morgan fingerprint density at radius 3 is 2.89 bits per heavy atom. The molecular weight excluding hydrogens is 228 g/mol. The number of hydrogen-bond donors (Lipinski definition) is 2. The molecule has 0 saturated carbocycles. The van der Waals surface area contributed by atoms with Crippen molar-refractivity contribution >= 4 is 11.6 Å². The molecule has 1 aliphatic heterocycles. The van der Waals surface area contributed by atoms with E-state index in [9.17, 15) is 0 Å². The maximum atomic E-state index is 5.46. The lowest BCUT2D eigenvalue weighted by Crippen LogP contribution is -2.45. The molecule has 0 radical (unpaired) electrons. The third-order valence-corrected chi connectivity index (χ3v) is 3.62. The molecule has 0 spiro atoms. The zero-order chi connectivity index (χ0) is 13.1. The molecule has 1 aliphatic rings. The van der Waals surface area contributed by atoms with Crippen LogP contribution in [0.1, 0.15) is 18.4 Å². The van der Waals surface area contributed by atoms with Gasteiger partial charge in [0.1, 0.15) is 18.0 Å². The highest BCUT2D eigenvalue weighted by atomic mass is 15.3. The normalized spacial score (nSPS) is 20.3. The summed E-state index contributed by atoms with van der Waals surface area (Å²) < 4.78 is 0. The number of hydrogen-bond acceptors (Lipinski definition) is 6. The molecule has 1 unspecified atom stereocenters. The molecule has 0 amide bonds. The Hall–Kier alpha value is -1.40. The van der Waals surface area contributed by atoms with Gasteiger partial charge in [0.15, 0.2) is 0 Å². The summed E-state index contributed by atoms with van der Waals surface area (Å²) in [5.41, 5.74) is 3.63. The van der Waals surface area contributed by atoms with Crippen LogP contribution >= 0.6 is 0 Å². The number of nitrogens with two attached hydrogens (primary N) is 1. The van der Waals surface area contributed by atoms with E-state index >= 15 is 0 Å². The van der Waals surface area contributed by atoms with Crippen molar-refractivity contribution in [3.8, 4) is 0 Å². The largest absolute Gasteiger partial charge is 0.355 e. The van der Waals surface area contributed by atoms with E-state index in [4.69, 9.17) is 5.84 Å². The lowest BCUT2D eigenvalue weighted by molar-refractivity contribution is 0.257. The zero-order valence-corrected chi connectivity index (χ0v) is 11.3. The second-order valence-corrected chi connectivity index (χ2v) is 5.02. The molecule has 6 heteroatoms. The number of hydrazine groups is 1. The predicted molar refractivity (Wildman–Crippen MR) is 73.5 cm³/mol. The number of nitrogen functional groups attached to an aromatic ring is 1. The smallest absolute Gasteiger partial charge is 0.148 e. The molecule has 6 nitrogen and oxygen atoms in total. The fraction of sp³-hybridized carbons (Fsp3) is 0.667.